The predicted molar refractivity (Wildman–Crippen MR) is 35.3 cm³/mol. The molecule has 0 bridgehead atoms. The van der Waals surface area contributed by atoms with E-state index < -0.39 is 0 Å². The molecule has 0 aromatic heterocycles. The monoisotopic (exact) mass is 105 g/mol. The van der Waals surface area contributed by atoms with Crippen molar-refractivity contribution in [3.8, 4) is 0 Å². The first-order valence-electron chi connectivity index (χ1n) is 2.82. The van der Waals surface area contributed by atoms with E-state index in [1.807, 2.05) is 6.08 Å². The third-order valence-corrected chi connectivity index (χ3v) is 1.21. The Morgan fingerprint density at radius 1 is 1.75 bits per heavy atom. The second kappa shape index (κ2) is 1.99. The van der Waals surface area contributed by atoms with E-state index in [0.29, 0.717) is 0 Å². The van der Waals surface area contributed by atoms with Crippen molar-refractivity contribution in [1.29, 1.82) is 0 Å². The van der Waals surface area contributed by atoms with Crippen molar-refractivity contribution in [3.63, 3.8) is 0 Å². The van der Waals surface area contributed by atoms with Crippen molar-refractivity contribution in [3.05, 3.63) is 36.0 Å². The molecule has 1 radical (unpaired) electrons. The van der Waals surface area contributed by atoms with Crippen LogP contribution >= 0.6 is 0 Å². The van der Waals surface area contributed by atoms with Gasteiger partial charge in [0.2, 0.25) is 0 Å². The van der Waals surface area contributed by atoms with Gasteiger partial charge in [-0.2, -0.15) is 0 Å². The molecule has 0 aromatic carbocycles. The highest BCUT2D eigenvalue weighted by Gasteiger charge is 1.95. The number of hydrogen-bond donors (Lipinski definition) is 0. The highest BCUT2D eigenvalue weighted by Crippen LogP contribution is 2.13. The van der Waals surface area contributed by atoms with Gasteiger partial charge in [0.05, 0.1) is 0 Å². The summed E-state index contributed by atoms with van der Waals surface area (Å²) in [5.41, 5.74) is 2.33. The van der Waals surface area contributed by atoms with Crippen LogP contribution in [0.15, 0.2) is 29.9 Å². The summed E-state index contributed by atoms with van der Waals surface area (Å²) in [6.07, 6.45) is 8.14. The van der Waals surface area contributed by atoms with Crippen LogP contribution < -0.4 is 0 Å². The minimum atomic E-state index is 1.00. The second-order valence-electron chi connectivity index (χ2n) is 1.89. The number of allylic oxidation sites excluding steroid dienone is 5. The van der Waals surface area contributed by atoms with E-state index in [0.717, 1.165) is 12.0 Å². The molecular weight excluding hydrogens is 96.1 g/mol. The van der Waals surface area contributed by atoms with E-state index in [4.69, 9.17) is 0 Å². The fourth-order valence-electron chi connectivity index (χ4n) is 0.697. The van der Waals surface area contributed by atoms with Crippen LogP contribution in [0.1, 0.15) is 13.3 Å². The van der Waals surface area contributed by atoms with Gasteiger partial charge in [-0.25, -0.2) is 0 Å². The van der Waals surface area contributed by atoms with Crippen LogP contribution in [0.25, 0.3) is 0 Å². The molecule has 0 saturated carbocycles. The summed E-state index contributed by atoms with van der Waals surface area (Å²) in [4.78, 5) is 0. The lowest BCUT2D eigenvalue weighted by Crippen LogP contribution is -1.65. The van der Waals surface area contributed by atoms with Gasteiger partial charge < -0.3 is 0 Å². The number of hydrogen-bond acceptors (Lipinski definition) is 0. The Labute approximate surface area is 50.2 Å². The average Bonchev–Trinajstić information content (AvgIpc) is 2.14. The Hall–Kier alpha value is -0.780. The van der Waals surface area contributed by atoms with Crippen LogP contribution in [0.3, 0.4) is 0 Å². The van der Waals surface area contributed by atoms with Gasteiger partial charge in [-0.3, -0.25) is 0 Å². The molecule has 0 aromatic rings. The fraction of sp³-hybridized carbons (Fsp3) is 0.250. The summed E-state index contributed by atoms with van der Waals surface area (Å²) >= 11 is 0. The molecule has 0 atom stereocenters. The summed E-state index contributed by atoms with van der Waals surface area (Å²) in [5.74, 6) is 0. The van der Waals surface area contributed by atoms with Crippen LogP contribution in [-0.4, -0.2) is 0 Å². The molecule has 0 heteroatoms. The van der Waals surface area contributed by atoms with Crippen LogP contribution in [0.5, 0.6) is 0 Å². The van der Waals surface area contributed by atoms with Crippen LogP contribution in [0.2, 0.25) is 0 Å². The summed E-state index contributed by atoms with van der Waals surface area (Å²) < 4.78 is 0. The topological polar surface area (TPSA) is 0 Å². The highest BCUT2D eigenvalue weighted by molar-refractivity contribution is 5.39. The molecule has 0 saturated heterocycles. The lowest BCUT2D eigenvalue weighted by molar-refractivity contribution is 1.16. The molecule has 1 rings (SSSR count). The third kappa shape index (κ3) is 0.890. The van der Waals surface area contributed by atoms with Crippen LogP contribution in [0.4, 0.5) is 0 Å². The molecule has 0 amide bonds. The zero-order chi connectivity index (χ0) is 5.98. The van der Waals surface area contributed by atoms with E-state index in [1.165, 1.54) is 5.57 Å². The van der Waals surface area contributed by atoms with Crippen molar-refractivity contribution in [2.45, 2.75) is 13.3 Å². The lowest BCUT2D eigenvalue weighted by Gasteiger charge is -1.84. The first-order chi connectivity index (χ1) is 3.83. The molecule has 1 aliphatic carbocycles. The SMILES string of the molecule is C=C1[C]=CC(CC)=C1. The molecule has 8 heavy (non-hydrogen) atoms. The molecule has 0 nitrogen and oxygen atoms in total. The van der Waals surface area contributed by atoms with Gasteiger partial charge in [0.25, 0.3) is 0 Å². The van der Waals surface area contributed by atoms with Gasteiger partial charge >= 0.3 is 0 Å². The Balaban J connectivity index is 2.72. The van der Waals surface area contributed by atoms with E-state index in [2.05, 4.69) is 25.7 Å². The zero-order valence-corrected chi connectivity index (χ0v) is 5.07. The molecule has 0 aliphatic heterocycles. The maximum absolute atomic E-state index is 3.73. The van der Waals surface area contributed by atoms with Gasteiger partial charge in [-0.1, -0.05) is 25.7 Å². The van der Waals surface area contributed by atoms with Crippen molar-refractivity contribution < 1.29 is 0 Å². The Bertz CT molecular complexity index is 159. The van der Waals surface area contributed by atoms with Crippen LogP contribution in [0, 0.1) is 6.08 Å². The van der Waals surface area contributed by atoms with E-state index in [9.17, 15) is 0 Å². The number of rotatable bonds is 1. The van der Waals surface area contributed by atoms with Gasteiger partial charge in [-0.05, 0) is 23.6 Å². The molecule has 0 spiro atoms. The second-order valence-corrected chi connectivity index (χ2v) is 1.89. The van der Waals surface area contributed by atoms with Gasteiger partial charge in [-0.15, -0.1) is 0 Å². The summed E-state index contributed by atoms with van der Waals surface area (Å²) in [6.45, 7) is 5.86. The lowest BCUT2D eigenvalue weighted by atomic mass is 10.2. The van der Waals surface area contributed by atoms with Gasteiger partial charge in [0, 0.05) is 0 Å². The average molecular weight is 105 g/mol. The van der Waals surface area contributed by atoms with Crippen molar-refractivity contribution in [1.82, 2.24) is 0 Å². The minimum Gasteiger partial charge on any atom is -0.0911 e. The molecule has 0 unspecified atom stereocenters. The predicted octanol–water partition coefficient (Wildman–Crippen LogP) is 2.25. The van der Waals surface area contributed by atoms with Crippen molar-refractivity contribution >= 4 is 0 Å². The van der Waals surface area contributed by atoms with E-state index in [-0.39, 0.29) is 0 Å². The maximum atomic E-state index is 3.73. The molecule has 0 fully saturated rings. The maximum Gasteiger partial charge on any atom is -0.0109 e. The largest absolute Gasteiger partial charge is 0.0911 e. The molecule has 0 heterocycles. The van der Waals surface area contributed by atoms with Gasteiger partial charge in [0.1, 0.15) is 0 Å². The summed E-state index contributed by atoms with van der Waals surface area (Å²) in [6, 6.07) is 0. The fourth-order valence-corrected chi connectivity index (χ4v) is 0.697. The molecule has 0 N–H and O–H groups in total. The Kier molecular flexibility index (Phi) is 1.34. The zero-order valence-electron chi connectivity index (χ0n) is 5.07. The first-order valence-corrected chi connectivity index (χ1v) is 2.82. The van der Waals surface area contributed by atoms with E-state index in [1.54, 1.807) is 0 Å². The third-order valence-electron chi connectivity index (χ3n) is 1.21. The van der Waals surface area contributed by atoms with Crippen molar-refractivity contribution in [2.24, 2.45) is 0 Å². The molecule has 1 aliphatic rings. The smallest absolute Gasteiger partial charge is 0.0109 e. The Morgan fingerprint density at radius 2 is 2.50 bits per heavy atom. The highest BCUT2D eigenvalue weighted by atomic mass is 14.0. The summed E-state index contributed by atoms with van der Waals surface area (Å²) in [7, 11) is 0. The van der Waals surface area contributed by atoms with Crippen LogP contribution in [-0.2, 0) is 0 Å². The Morgan fingerprint density at radius 3 is 2.75 bits per heavy atom. The quantitative estimate of drug-likeness (QED) is 0.479. The standard InChI is InChI=1S/C8H9/c1-3-8-5-4-7(2)6-8/h5-6H,2-3H2,1H3. The van der Waals surface area contributed by atoms with E-state index >= 15 is 0 Å². The van der Waals surface area contributed by atoms with Crippen molar-refractivity contribution in [2.75, 3.05) is 0 Å². The minimum absolute atomic E-state index is 1.00. The first kappa shape index (κ1) is 5.36. The molecular formula is C8H9. The normalized spacial score (nSPS) is 17.1. The summed E-state index contributed by atoms with van der Waals surface area (Å²) in [5, 5.41) is 0. The molecule has 41 valence electrons. The van der Waals surface area contributed by atoms with Gasteiger partial charge in [0.15, 0.2) is 0 Å².